The van der Waals surface area contributed by atoms with Crippen molar-refractivity contribution < 1.29 is 18.8 Å². The van der Waals surface area contributed by atoms with Crippen LogP contribution in [-0.2, 0) is 11.3 Å². The molecule has 0 bridgehead atoms. The van der Waals surface area contributed by atoms with Crippen LogP contribution in [0.5, 0.6) is 0 Å². The Labute approximate surface area is 128 Å². The van der Waals surface area contributed by atoms with Crippen molar-refractivity contribution in [1.82, 2.24) is 10.1 Å². The highest BCUT2D eigenvalue weighted by Crippen LogP contribution is 2.16. The topological polar surface area (TPSA) is 72.6 Å². The number of aryl methyl sites for hydroxylation is 2. The lowest BCUT2D eigenvalue weighted by Crippen LogP contribution is -2.26. The molecule has 0 saturated carbocycles. The highest BCUT2D eigenvalue weighted by Gasteiger charge is 2.18. The number of carbonyl (C=O) groups excluding carboxylic acids is 2. The fourth-order valence-corrected chi connectivity index (χ4v) is 2.15. The Hall–Kier alpha value is -2.63. The third kappa shape index (κ3) is 3.16. The molecule has 0 radical (unpaired) electrons. The largest absolute Gasteiger partial charge is 0.465 e. The summed E-state index contributed by atoms with van der Waals surface area (Å²) in [5.41, 5.74) is 2.43. The van der Waals surface area contributed by atoms with E-state index in [0.29, 0.717) is 23.4 Å². The molecule has 0 aliphatic rings. The second kappa shape index (κ2) is 6.43. The summed E-state index contributed by atoms with van der Waals surface area (Å²) in [4.78, 5) is 25.6. The van der Waals surface area contributed by atoms with E-state index < -0.39 is 5.97 Å². The van der Waals surface area contributed by atoms with Crippen LogP contribution in [0.1, 0.15) is 37.7 Å². The number of methoxy groups -OCH3 is 1. The molecule has 0 fully saturated rings. The molecule has 0 saturated heterocycles. The number of benzene rings is 1. The number of aromatic nitrogens is 1. The lowest BCUT2D eigenvalue weighted by Gasteiger charge is -2.17. The van der Waals surface area contributed by atoms with Crippen LogP contribution in [0, 0.1) is 13.8 Å². The van der Waals surface area contributed by atoms with Crippen molar-refractivity contribution in [2.24, 2.45) is 0 Å². The Morgan fingerprint density at radius 3 is 2.55 bits per heavy atom. The fourth-order valence-electron chi connectivity index (χ4n) is 2.15. The SMILES string of the molecule is COC(=O)c1cccc(C(=O)N(C)Cc2c(C)noc2C)c1. The van der Waals surface area contributed by atoms with Gasteiger partial charge in [0.2, 0.25) is 0 Å². The molecule has 0 unspecified atom stereocenters. The predicted octanol–water partition coefficient (Wildman–Crippen LogP) is 2.35. The molecule has 0 atom stereocenters. The maximum atomic E-state index is 12.5. The Balaban J connectivity index is 2.19. The van der Waals surface area contributed by atoms with Gasteiger partial charge in [-0.25, -0.2) is 4.79 Å². The Bertz CT molecular complexity index is 686. The molecule has 2 aromatic rings. The zero-order valence-electron chi connectivity index (χ0n) is 13.0. The molecule has 1 aromatic heterocycles. The lowest BCUT2D eigenvalue weighted by atomic mass is 10.1. The van der Waals surface area contributed by atoms with Gasteiger partial charge in [0.25, 0.3) is 5.91 Å². The number of nitrogens with zero attached hydrogens (tertiary/aromatic N) is 2. The second-order valence-corrected chi connectivity index (χ2v) is 5.04. The summed E-state index contributed by atoms with van der Waals surface area (Å²) in [6.45, 7) is 4.04. The molecule has 0 spiro atoms. The van der Waals surface area contributed by atoms with Crippen molar-refractivity contribution in [2.75, 3.05) is 14.2 Å². The van der Waals surface area contributed by atoms with Crippen LogP contribution in [-0.4, -0.2) is 36.1 Å². The smallest absolute Gasteiger partial charge is 0.337 e. The van der Waals surface area contributed by atoms with Gasteiger partial charge in [0, 0.05) is 18.2 Å². The highest BCUT2D eigenvalue weighted by molar-refractivity contribution is 5.97. The third-order valence-corrected chi connectivity index (χ3v) is 3.45. The van der Waals surface area contributed by atoms with Gasteiger partial charge in [0.1, 0.15) is 5.76 Å². The minimum Gasteiger partial charge on any atom is -0.465 e. The van der Waals surface area contributed by atoms with Gasteiger partial charge >= 0.3 is 5.97 Å². The van der Waals surface area contributed by atoms with Crippen LogP contribution in [0.25, 0.3) is 0 Å². The monoisotopic (exact) mass is 302 g/mol. The zero-order chi connectivity index (χ0) is 16.3. The maximum Gasteiger partial charge on any atom is 0.337 e. The van der Waals surface area contributed by atoms with Gasteiger partial charge < -0.3 is 14.2 Å². The number of hydrogen-bond acceptors (Lipinski definition) is 5. The van der Waals surface area contributed by atoms with Crippen molar-refractivity contribution >= 4 is 11.9 Å². The van der Waals surface area contributed by atoms with Gasteiger partial charge in [-0.1, -0.05) is 11.2 Å². The van der Waals surface area contributed by atoms with Crippen LogP contribution in [0.15, 0.2) is 28.8 Å². The zero-order valence-corrected chi connectivity index (χ0v) is 13.0. The average Bonchev–Trinajstić information content (AvgIpc) is 2.85. The standard InChI is InChI=1S/C16H18N2O4/c1-10-14(11(2)22-17-10)9-18(3)15(19)12-6-5-7-13(8-12)16(20)21-4/h5-8H,9H2,1-4H3. The average molecular weight is 302 g/mol. The molecular formula is C16H18N2O4. The van der Waals surface area contributed by atoms with E-state index in [1.807, 2.05) is 13.8 Å². The van der Waals surface area contributed by atoms with Gasteiger partial charge in [-0.2, -0.15) is 0 Å². The summed E-state index contributed by atoms with van der Waals surface area (Å²) in [6, 6.07) is 6.46. The van der Waals surface area contributed by atoms with Crippen molar-refractivity contribution in [3.63, 3.8) is 0 Å². The Morgan fingerprint density at radius 2 is 1.95 bits per heavy atom. The Morgan fingerprint density at radius 1 is 1.27 bits per heavy atom. The first-order valence-corrected chi connectivity index (χ1v) is 6.79. The summed E-state index contributed by atoms with van der Waals surface area (Å²) in [5.74, 6) is 0.0363. The van der Waals surface area contributed by atoms with Crippen molar-refractivity contribution in [1.29, 1.82) is 0 Å². The van der Waals surface area contributed by atoms with E-state index in [2.05, 4.69) is 9.89 Å². The third-order valence-electron chi connectivity index (χ3n) is 3.45. The van der Waals surface area contributed by atoms with Crippen molar-refractivity contribution in [3.8, 4) is 0 Å². The van der Waals surface area contributed by atoms with Crippen LogP contribution in [0.4, 0.5) is 0 Å². The number of hydrogen-bond donors (Lipinski definition) is 0. The minimum absolute atomic E-state index is 0.189. The summed E-state index contributed by atoms with van der Waals surface area (Å²) in [5, 5.41) is 3.88. The highest BCUT2D eigenvalue weighted by atomic mass is 16.5. The summed E-state index contributed by atoms with van der Waals surface area (Å²) >= 11 is 0. The molecule has 6 heteroatoms. The summed E-state index contributed by atoms with van der Waals surface area (Å²) in [7, 11) is 3.00. The van der Waals surface area contributed by atoms with Gasteiger partial charge in [0.15, 0.2) is 0 Å². The molecule has 116 valence electrons. The van der Waals surface area contributed by atoms with Gasteiger partial charge in [-0.3, -0.25) is 4.79 Å². The van der Waals surface area contributed by atoms with Gasteiger partial charge in [-0.05, 0) is 32.0 Å². The molecule has 1 aromatic carbocycles. The maximum absolute atomic E-state index is 12.5. The normalized spacial score (nSPS) is 10.4. The van der Waals surface area contributed by atoms with Crippen molar-refractivity contribution in [2.45, 2.75) is 20.4 Å². The molecule has 2 rings (SSSR count). The molecule has 1 amide bonds. The number of ether oxygens (including phenoxy) is 1. The summed E-state index contributed by atoms with van der Waals surface area (Å²) < 4.78 is 9.76. The first kappa shape index (κ1) is 15.8. The molecule has 1 heterocycles. The molecule has 0 aliphatic carbocycles. The molecular weight excluding hydrogens is 284 g/mol. The van der Waals surface area contributed by atoms with E-state index in [9.17, 15) is 9.59 Å². The van der Waals surface area contributed by atoms with Gasteiger partial charge in [-0.15, -0.1) is 0 Å². The summed E-state index contributed by atoms with van der Waals surface area (Å²) in [6.07, 6.45) is 0. The first-order chi connectivity index (χ1) is 10.4. The van der Waals surface area contributed by atoms with Crippen LogP contribution in [0.2, 0.25) is 0 Å². The van der Waals surface area contributed by atoms with E-state index in [1.165, 1.54) is 13.2 Å². The molecule has 22 heavy (non-hydrogen) atoms. The molecule has 0 N–H and O–H groups in total. The van der Waals surface area contributed by atoms with Crippen LogP contribution < -0.4 is 0 Å². The lowest BCUT2D eigenvalue weighted by molar-refractivity contribution is 0.0600. The number of rotatable bonds is 4. The predicted molar refractivity (Wildman–Crippen MR) is 79.6 cm³/mol. The number of carbonyl (C=O) groups is 2. The van der Waals surface area contributed by atoms with Gasteiger partial charge in [0.05, 0.1) is 24.9 Å². The van der Waals surface area contributed by atoms with E-state index in [-0.39, 0.29) is 5.91 Å². The van der Waals surface area contributed by atoms with Crippen molar-refractivity contribution in [3.05, 3.63) is 52.4 Å². The molecule has 6 nitrogen and oxygen atoms in total. The quantitative estimate of drug-likeness (QED) is 0.811. The second-order valence-electron chi connectivity index (χ2n) is 5.04. The Kier molecular flexibility index (Phi) is 4.60. The number of amides is 1. The minimum atomic E-state index is -0.469. The molecule has 0 aliphatic heterocycles. The van der Waals surface area contributed by atoms with E-state index >= 15 is 0 Å². The van der Waals surface area contributed by atoms with Crippen LogP contribution in [0.3, 0.4) is 0 Å². The fraction of sp³-hybridized carbons (Fsp3) is 0.312. The van der Waals surface area contributed by atoms with E-state index in [0.717, 1.165) is 11.3 Å². The number of esters is 1. The van der Waals surface area contributed by atoms with Crippen LogP contribution >= 0.6 is 0 Å². The van der Waals surface area contributed by atoms with E-state index in [4.69, 9.17) is 4.52 Å². The first-order valence-electron chi connectivity index (χ1n) is 6.79. The van der Waals surface area contributed by atoms with E-state index in [1.54, 1.807) is 30.1 Å².